The molecule has 0 aromatic heterocycles. The third-order valence-electron chi connectivity index (χ3n) is 3.84. The number of hydrogen-bond acceptors (Lipinski definition) is 3. The van der Waals surface area contributed by atoms with Crippen LogP contribution in [-0.4, -0.2) is 33.0 Å². The molecule has 2 fully saturated rings. The van der Waals surface area contributed by atoms with E-state index >= 15 is 0 Å². The lowest BCUT2D eigenvalue weighted by atomic mass is 10.3. The van der Waals surface area contributed by atoms with Crippen molar-refractivity contribution in [3.8, 4) is 0 Å². The van der Waals surface area contributed by atoms with Gasteiger partial charge in [0.25, 0.3) is 0 Å². The highest BCUT2D eigenvalue weighted by molar-refractivity contribution is 7.95. The molecule has 108 valence electrons. The first-order valence-corrected chi connectivity index (χ1v) is 7.48. The fourth-order valence-electron chi connectivity index (χ4n) is 2.86. The van der Waals surface area contributed by atoms with E-state index in [1.165, 1.54) is 0 Å². The molecule has 0 heterocycles. The van der Waals surface area contributed by atoms with Crippen molar-refractivity contribution >= 4 is 24.5 Å². The molecule has 0 unspecified atom stereocenters. The van der Waals surface area contributed by atoms with Gasteiger partial charge in [0, 0.05) is 12.1 Å². The quantitative estimate of drug-likeness (QED) is 0.442. The second kappa shape index (κ2) is 6.54. The smallest absolute Gasteiger partial charge is 0.237 e. The Bertz CT molecular complexity index is 313. The first kappa shape index (κ1) is 14.6. The molecule has 4 nitrogen and oxygen atoms in total. The Kier molecular flexibility index (Phi) is 5.01. The van der Waals surface area contributed by atoms with Gasteiger partial charge in [-0.2, -0.15) is 0 Å². The van der Waals surface area contributed by atoms with Crippen molar-refractivity contribution in [1.82, 2.24) is 8.61 Å². The van der Waals surface area contributed by atoms with Crippen LogP contribution < -0.4 is 0 Å². The van der Waals surface area contributed by atoms with Crippen LogP contribution >= 0.6 is 12.1 Å². The summed E-state index contributed by atoms with van der Waals surface area (Å²) in [5.74, 6) is 0. The molecule has 19 heavy (non-hydrogen) atoms. The summed E-state index contributed by atoms with van der Waals surface area (Å²) in [6, 6.07) is -0.462. The minimum absolute atomic E-state index is 0.231. The third kappa shape index (κ3) is 3.58. The molecule has 0 bridgehead atoms. The number of halogens is 2. The van der Waals surface area contributed by atoms with Gasteiger partial charge < -0.3 is 0 Å². The summed E-state index contributed by atoms with van der Waals surface area (Å²) in [5, 5.41) is 0. The van der Waals surface area contributed by atoms with Crippen molar-refractivity contribution in [2.45, 2.75) is 63.5 Å². The molecule has 2 aliphatic carbocycles. The zero-order chi connectivity index (χ0) is 13.8. The molecule has 0 aliphatic heterocycles. The van der Waals surface area contributed by atoms with Crippen LogP contribution in [0.3, 0.4) is 0 Å². The van der Waals surface area contributed by atoms with Gasteiger partial charge in [-0.05, 0) is 25.7 Å². The molecule has 0 aromatic carbocycles. The zero-order valence-corrected chi connectivity index (χ0v) is 11.5. The topological polar surface area (TPSA) is 40.6 Å². The maximum absolute atomic E-state index is 13.1. The predicted octanol–water partition coefficient (Wildman–Crippen LogP) is 4.22. The molecule has 2 amide bonds. The Morgan fingerprint density at radius 1 is 0.789 bits per heavy atom. The maximum Gasteiger partial charge on any atom is 0.411 e. The molecule has 0 radical (unpaired) electrons. The number of rotatable bonds is 4. The fraction of sp³-hybridized carbons (Fsp3) is 0.833. The predicted molar refractivity (Wildman–Crippen MR) is 68.8 cm³/mol. The number of amides is 2. The van der Waals surface area contributed by atoms with E-state index in [1.54, 1.807) is 0 Å². The first-order chi connectivity index (χ1) is 9.09. The number of carbonyl (C=O) groups excluding carboxylic acids is 2. The van der Waals surface area contributed by atoms with Gasteiger partial charge in [0.15, 0.2) is 0 Å². The standard InChI is InChI=1S/C12H18F2N2O2S/c13-11(17)15(9-5-1-2-6-9)19-16(12(14)18)10-7-3-4-8-10/h9-10H,1-8H2. The van der Waals surface area contributed by atoms with E-state index < -0.39 is 12.3 Å². The largest absolute Gasteiger partial charge is 0.411 e. The number of hydrogen-bond donors (Lipinski definition) is 0. The average Bonchev–Trinajstić information content (AvgIpc) is 3.00. The van der Waals surface area contributed by atoms with Gasteiger partial charge in [-0.1, -0.05) is 25.7 Å². The molecule has 0 aromatic rings. The van der Waals surface area contributed by atoms with Crippen molar-refractivity contribution < 1.29 is 18.4 Å². The van der Waals surface area contributed by atoms with Gasteiger partial charge in [0.2, 0.25) is 0 Å². The molecule has 2 aliphatic rings. The third-order valence-corrected chi connectivity index (χ3v) is 5.07. The molecule has 0 atom stereocenters. The SMILES string of the molecule is O=C(F)N(SN(C(=O)F)C1CCCC1)C1CCCC1. The highest BCUT2D eigenvalue weighted by atomic mass is 32.2. The van der Waals surface area contributed by atoms with Crippen LogP contribution in [0.5, 0.6) is 0 Å². The van der Waals surface area contributed by atoms with Crippen LogP contribution in [0.25, 0.3) is 0 Å². The molecular formula is C12H18F2N2O2S. The summed E-state index contributed by atoms with van der Waals surface area (Å²) in [6.07, 6.45) is 3.38. The lowest BCUT2D eigenvalue weighted by Gasteiger charge is -2.31. The molecule has 0 spiro atoms. The van der Waals surface area contributed by atoms with Gasteiger partial charge in [-0.15, -0.1) is 8.78 Å². The van der Waals surface area contributed by atoms with Gasteiger partial charge >= 0.3 is 12.3 Å². The van der Waals surface area contributed by atoms with E-state index in [4.69, 9.17) is 0 Å². The summed E-state index contributed by atoms with van der Waals surface area (Å²) in [5.41, 5.74) is 0. The molecule has 7 heteroatoms. The summed E-state index contributed by atoms with van der Waals surface area (Å²) in [4.78, 5) is 22.2. The van der Waals surface area contributed by atoms with Crippen LogP contribution in [0.15, 0.2) is 0 Å². The molecular weight excluding hydrogens is 274 g/mol. The fourth-order valence-corrected chi connectivity index (χ4v) is 3.86. The van der Waals surface area contributed by atoms with Crippen LogP contribution in [-0.2, 0) is 0 Å². The minimum Gasteiger partial charge on any atom is -0.237 e. The Morgan fingerprint density at radius 2 is 1.11 bits per heavy atom. The Balaban J connectivity index is 2.03. The number of nitrogens with zero attached hydrogens (tertiary/aromatic N) is 2. The summed E-state index contributed by atoms with van der Waals surface area (Å²) < 4.78 is 28.1. The zero-order valence-electron chi connectivity index (χ0n) is 10.7. The second-order valence-corrected chi connectivity index (χ2v) is 6.07. The van der Waals surface area contributed by atoms with Crippen LogP contribution in [0.4, 0.5) is 18.4 Å². The van der Waals surface area contributed by atoms with Crippen molar-refractivity contribution in [2.75, 3.05) is 0 Å². The monoisotopic (exact) mass is 292 g/mol. The van der Waals surface area contributed by atoms with Gasteiger partial charge in [-0.3, -0.25) is 0 Å². The number of carbonyl (C=O) groups is 2. The molecule has 2 saturated carbocycles. The van der Waals surface area contributed by atoms with Gasteiger partial charge in [-0.25, -0.2) is 18.2 Å². The summed E-state index contributed by atoms with van der Waals surface area (Å²) in [6.45, 7) is 0. The van der Waals surface area contributed by atoms with Crippen LogP contribution in [0, 0.1) is 0 Å². The normalized spacial score (nSPS) is 20.7. The van der Waals surface area contributed by atoms with Crippen LogP contribution in [0.2, 0.25) is 0 Å². The second-order valence-electron chi connectivity index (χ2n) is 5.12. The first-order valence-electron chi connectivity index (χ1n) is 6.75. The van der Waals surface area contributed by atoms with Crippen LogP contribution in [0.1, 0.15) is 51.4 Å². The van der Waals surface area contributed by atoms with Crippen molar-refractivity contribution in [3.05, 3.63) is 0 Å². The van der Waals surface area contributed by atoms with E-state index in [2.05, 4.69) is 0 Å². The molecule has 0 saturated heterocycles. The molecule has 0 N–H and O–H groups in total. The van der Waals surface area contributed by atoms with E-state index in [0.29, 0.717) is 37.8 Å². The van der Waals surface area contributed by atoms with Crippen molar-refractivity contribution in [1.29, 1.82) is 0 Å². The van der Waals surface area contributed by atoms with E-state index in [9.17, 15) is 18.4 Å². The maximum atomic E-state index is 13.1. The Labute approximate surface area is 115 Å². The summed E-state index contributed by atoms with van der Waals surface area (Å²) in [7, 11) is 0. The average molecular weight is 292 g/mol. The molecule has 2 rings (SSSR count). The minimum atomic E-state index is -1.60. The lowest BCUT2D eigenvalue weighted by Crippen LogP contribution is -2.38. The summed E-state index contributed by atoms with van der Waals surface area (Å²) >= 11 is 0.618. The van der Waals surface area contributed by atoms with Gasteiger partial charge in [0.05, 0.1) is 12.1 Å². The van der Waals surface area contributed by atoms with Crippen molar-refractivity contribution in [2.24, 2.45) is 0 Å². The van der Waals surface area contributed by atoms with Crippen molar-refractivity contribution in [3.63, 3.8) is 0 Å². The Morgan fingerprint density at radius 3 is 1.37 bits per heavy atom. The van der Waals surface area contributed by atoms with E-state index in [0.717, 1.165) is 34.3 Å². The van der Waals surface area contributed by atoms with Gasteiger partial charge in [0.1, 0.15) is 0 Å². The highest BCUT2D eigenvalue weighted by Crippen LogP contribution is 2.35. The van der Waals surface area contributed by atoms with E-state index in [-0.39, 0.29) is 12.1 Å². The van der Waals surface area contributed by atoms with E-state index in [1.807, 2.05) is 0 Å². The lowest BCUT2D eigenvalue weighted by molar-refractivity contribution is 0.184. The Hall–Kier alpha value is -0.850. The highest BCUT2D eigenvalue weighted by Gasteiger charge is 2.35.